The number of hydrogen-bond donors (Lipinski definition) is 0. The van der Waals surface area contributed by atoms with Crippen LogP contribution in [0.4, 0.5) is 0 Å². The van der Waals surface area contributed by atoms with Gasteiger partial charge < -0.3 is 48.0 Å². The van der Waals surface area contributed by atoms with Crippen LogP contribution in [0.1, 0.15) is 0 Å². The second-order valence-electron chi connectivity index (χ2n) is 0.724. The largest absolute Gasteiger partial charge is 3.00 e. The van der Waals surface area contributed by atoms with Crippen molar-refractivity contribution in [3.63, 3.8) is 0 Å². The third kappa shape index (κ3) is 8250. The summed E-state index contributed by atoms with van der Waals surface area (Å²) in [6, 6.07) is 0. The summed E-state index contributed by atoms with van der Waals surface area (Å²) in [5.74, 6) is 0. The summed E-state index contributed by atoms with van der Waals surface area (Å²) < 4.78 is 0. The van der Waals surface area contributed by atoms with Crippen molar-refractivity contribution in [2.24, 2.45) is 16.0 Å². The molecule has 0 amide bonds. The van der Waals surface area contributed by atoms with Gasteiger partial charge in [-0.2, -0.15) is 13.1 Å². The molecule has 0 aromatic heterocycles. The Balaban J connectivity index is -0.0000000174. The smallest absolute Gasteiger partial charge is 0.693 e. The predicted molar refractivity (Wildman–Crippen MR) is 51.1 cm³/mol. The molecule has 0 atom stereocenters. The van der Waals surface area contributed by atoms with Crippen LogP contribution in [0.3, 0.4) is 0 Å². The van der Waals surface area contributed by atoms with Gasteiger partial charge in [0, 0.05) is 0 Å². The molecule has 13 heteroatoms. The van der Waals surface area contributed by atoms with Crippen molar-refractivity contribution in [3.8, 4) is 0 Å². The van der Waals surface area contributed by atoms with Gasteiger partial charge in [-0.05, 0) is 0 Å². The Bertz CT molecular complexity index is 79.4. The van der Waals surface area contributed by atoms with Gasteiger partial charge in [-0.15, -0.1) is 16.0 Å². The fourth-order valence-corrected chi connectivity index (χ4v) is 0. The van der Waals surface area contributed by atoms with Crippen LogP contribution in [-0.2, 0) is 16.8 Å². The quantitative estimate of drug-likeness (QED) is 0.511. The summed E-state index contributed by atoms with van der Waals surface area (Å²) in [7, 11) is 0. The molecular weight excluding hydrogens is 263 g/mol. The van der Waals surface area contributed by atoms with Crippen molar-refractivity contribution in [2.75, 3.05) is 13.1 Å². The Morgan fingerprint density at radius 3 is 0.867 bits per heavy atom. The summed E-state index contributed by atoms with van der Waals surface area (Å²) >= 11 is 0. The fourth-order valence-electron chi connectivity index (χ4n) is 0. The Hall–Kier alpha value is -1.41. The topological polar surface area (TPSA) is 239 Å². The maximum atomic E-state index is 8.00. The van der Waals surface area contributed by atoms with E-state index in [1.54, 1.807) is 0 Å². The molecule has 12 nitrogen and oxygen atoms in total. The van der Waals surface area contributed by atoms with E-state index in [1.165, 1.54) is 0 Å². The maximum absolute atomic E-state index is 8.00. The SMILES string of the molecule is O=N[O-].O=N[O-].O=N[O-].[Co+3].[NH-]CC[NH-].[NH2-]. The molecular formula is C2H8CoN6O6-3. The zero-order valence-electron chi connectivity index (χ0n) is 7.12. The van der Waals surface area contributed by atoms with Crippen LogP contribution in [0.2, 0.25) is 0 Å². The average molecular weight is 271 g/mol. The molecule has 0 aliphatic carbocycles. The van der Waals surface area contributed by atoms with E-state index in [-0.39, 0.29) is 36.0 Å². The van der Waals surface area contributed by atoms with Crippen LogP contribution < -0.4 is 0 Å². The summed E-state index contributed by atoms with van der Waals surface area (Å²) in [5, 5.41) is 27.0. The van der Waals surface area contributed by atoms with Gasteiger partial charge in [-0.1, -0.05) is 0 Å². The van der Waals surface area contributed by atoms with Gasteiger partial charge in [0.05, 0.1) is 0 Å². The van der Waals surface area contributed by atoms with Gasteiger partial charge in [0.15, 0.2) is 0 Å². The standard InChI is InChI=1S/C2H6N2.Co.3HNO2.H2N/c3-1-2-4;;3*2-1-3;/h3-4H,1-2H2;;3*(H,2,3);1H2/q-2;+3;;;;-1/p-3. The second kappa shape index (κ2) is 131. The number of nitrogens with zero attached hydrogens (tertiary/aromatic N) is 3. The molecule has 0 bridgehead atoms. The van der Waals surface area contributed by atoms with Crippen molar-refractivity contribution in [1.29, 1.82) is 0 Å². The molecule has 0 rings (SSSR count). The van der Waals surface area contributed by atoms with E-state index in [4.69, 9.17) is 41.8 Å². The average Bonchev–Trinajstić information content (AvgIpc) is 2.08. The monoisotopic (exact) mass is 271 g/mol. The maximum Gasteiger partial charge on any atom is 3.00 e. The van der Waals surface area contributed by atoms with Gasteiger partial charge in [-0.3, -0.25) is 0 Å². The van der Waals surface area contributed by atoms with E-state index < -0.39 is 0 Å². The summed E-state index contributed by atoms with van der Waals surface area (Å²) in [6.45, 7) is 0.472. The Labute approximate surface area is 94.6 Å². The van der Waals surface area contributed by atoms with Gasteiger partial charge in [0.1, 0.15) is 0 Å². The van der Waals surface area contributed by atoms with Crippen LogP contribution in [-0.4, -0.2) is 13.1 Å². The Morgan fingerprint density at radius 1 is 0.800 bits per heavy atom. The van der Waals surface area contributed by atoms with Crippen molar-refractivity contribution < 1.29 is 16.8 Å². The van der Waals surface area contributed by atoms with E-state index in [0.29, 0.717) is 0 Å². The molecule has 0 spiro atoms. The molecule has 0 saturated heterocycles. The van der Waals surface area contributed by atoms with Crippen molar-refractivity contribution in [3.05, 3.63) is 48.0 Å². The molecule has 0 aliphatic heterocycles. The predicted octanol–water partition coefficient (Wildman–Crippen LogP) is 2.56. The molecule has 0 aliphatic rings. The van der Waals surface area contributed by atoms with Crippen LogP contribution in [0.25, 0.3) is 17.6 Å². The normalized spacial score (nSPS) is 4.40. The first-order valence-electron chi connectivity index (χ1n) is 2.30. The first-order chi connectivity index (χ1) is 6.16. The fraction of sp³-hybridized carbons (Fsp3) is 1.00. The van der Waals surface area contributed by atoms with Crippen LogP contribution in [0, 0.1) is 30.3 Å². The van der Waals surface area contributed by atoms with Crippen LogP contribution in [0.5, 0.6) is 0 Å². The Kier molecular flexibility index (Phi) is 328. The van der Waals surface area contributed by atoms with Crippen molar-refractivity contribution in [1.82, 2.24) is 0 Å². The minimum atomic E-state index is 0. The van der Waals surface area contributed by atoms with E-state index >= 15 is 0 Å². The first-order valence-corrected chi connectivity index (χ1v) is 2.30. The summed E-state index contributed by atoms with van der Waals surface area (Å²) in [4.78, 5) is 24.0. The zero-order chi connectivity index (χ0) is 11.5. The molecule has 4 N–H and O–H groups in total. The van der Waals surface area contributed by atoms with Crippen LogP contribution in [0.15, 0.2) is 16.0 Å². The minimum absolute atomic E-state index is 0. The molecule has 0 aromatic rings. The number of rotatable bonds is 1. The number of hydrogen-bond acceptors (Lipinski definition) is 9. The summed E-state index contributed by atoms with van der Waals surface area (Å²) in [6.07, 6.45) is 0. The number of nitrogens with one attached hydrogen (secondary N) is 2. The minimum Gasteiger partial charge on any atom is -0.693 e. The second-order valence-corrected chi connectivity index (χ2v) is 0.724. The van der Waals surface area contributed by atoms with E-state index in [0.717, 1.165) is 16.0 Å². The first kappa shape index (κ1) is 37.4. The van der Waals surface area contributed by atoms with Gasteiger partial charge in [0.25, 0.3) is 0 Å². The molecule has 0 saturated carbocycles. The van der Waals surface area contributed by atoms with Crippen molar-refractivity contribution >= 4 is 0 Å². The van der Waals surface area contributed by atoms with Crippen LogP contribution >= 0.6 is 0 Å². The molecule has 0 radical (unpaired) electrons. The third-order valence-corrected chi connectivity index (χ3v) is 0.125. The molecule has 0 heterocycles. The Morgan fingerprint density at radius 2 is 0.867 bits per heavy atom. The van der Waals surface area contributed by atoms with Crippen molar-refractivity contribution in [2.45, 2.75) is 0 Å². The molecule has 0 fully saturated rings. The molecule has 0 aromatic carbocycles. The van der Waals surface area contributed by atoms with Gasteiger partial charge in [-0.25, -0.2) is 0 Å². The molecule has 15 heavy (non-hydrogen) atoms. The number of nitrogens with two attached hydrogens (primary N) is 1. The van der Waals surface area contributed by atoms with E-state index in [9.17, 15) is 0 Å². The van der Waals surface area contributed by atoms with Gasteiger partial charge >= 0.3 is 16.8 Å². The van der Waals surface area contributed by atoms with Gasteiger partial charge in [0.2, 0.25) is 0 Å². The van der Waals surface area contributed by atoms with E-state index in [2.05, 4.69) is 0 Å². The summed E-state index contributed by atoms with van der Waals surface area (Å²) in [5.41, 5.74) is 12.5. The zero-order valence-corrected chi connectivity index (χ0v) is 8.16. The molecule has 0 unspecified atom stereocenters. The third-order valence-electron chi connectivity index (χ3n) is 0.125. The molecule has 94 valence electrons. The van der Waals surface area contributed by atoms with E-state index in [1.807, 2.05) is 0 Å².